The molecule has 0 bridgehead atoms. The number of hydrogen-bond acceptors (Lipinski definition) is 3. The summed E-state index contributed by atoms with van der Waals surface area (Å²) in [7, 11) is 1.96. The molecule has 15 heavy (non-hydrogen) atoms. The summed E-state index contributed by atoms with van der Waals surface area (Å²) >= 11 is 1.81. The zero-order chi connectivity index (χ0) is 10.8. The van der Waals surface area contributed by atoms with Crippen LogP contribution in [0.4, 0.5) is 0 Å². The molecule has 80 valence electrons. The fourth-order valence-electron chi connectivity index (χ4n) is 2.07. The number of aryl methyl sites for hydroxylation is 2. The van der Waals surface area contributed by atoms with Gasteiger partial charge in [0.15, 0.2) is 0 Å². The zero-order valence-electron chi connectivity index (χ0n) is 9.10. The van der Waals surface area contributed by atoms with Crippen molar-refractivity contribution in [2.24, 2.45) is 13.0 Å². The van der Waals surface area contributed by atoms with Crippen molar-refractivity contribution in [2.75, 3.05) is 0 Å². The summed E-state index contributed by atoms with van der Waals surface area (Å²) in [5.74, 6) is 0.227. The quantitative estimate of drug-likeness (QED) is 0.770. The van der Waals surface area contributed by atoms with E-state index in [2.05, 4.69) is 17.2 Å². The predicted molar refractivity (Wildman–Crippen MR) is 60.5 cm³/mol. The van der Waals surface area contributed by atoms with Crippen LogP contribution in [0.2, 0.25) is 0 Å². The molecule has 0 saturated heterocycles. The standard InChI is InChI=1S/C11H15N3S/c1-8-6-11(14(2)13-8)15-10-5-3-4-9(10)7-12/h6,9-10H,3-5H2,1-2H3. The minimum absolute atomic E-state index is 0.227. The maximum Gasteiger partial charge on any atom is 0.0942 e. The summed E-state index contributed by atoms with van der Waals surface area (Å²) in [6.07, 6.45) is 3.41. The molecule has 4 heteroatoms. The van der Waals surface area contributed by atoms with Crippen LogP contribution in [0.5, 0.6) is 0 Å². The van der Waals surface area contributed by atoms with E-state index in [0.717, 1.165) is 18.5 Å². The van der Waals surface area contributed by atoms with Crippen LogP contribution >= 0.6 is 11.8 Å². The average Bonchev–Trinajstić information content (AvgIpc) is 2.74. The summed E-state index contributed by atoms with van der Waals surface area (Å²) < 4.78 is 1.91. The van der Waals surface area contributed by atoms with Gasteiger partial charge in [-0.2, -0.15) is 10.4 Å². The molecule has 1 aliphatic carbocycles. The Labute approximate surface area is 94.5 Å². The Morgan fingerprint density at radius 3 is 3.00 bits per heavy atom. The number of rotatable bonds is 2. The molecule has 1 aliphatic rings. The second-order valence-corrected chi connectivity index (χ2v) is 5.33. The van der Waals surface area contributed by atoms with Gasteiger partial charge in [-0.15, -0.1) is 11.8 Å². The zero-order valence-corrected chi connectivity index (χ0v) is 9.92. The molecule has 1 aromatic rings. The highest BCUT2D eigenvalue weighted by atomic mass is 32.2. The summed E-state index contributed by atoms with van der Waals surface area (Å²) in [4.78, 5) is 0. The predicted octanol–water partition coefficient (Wildman–Crippen LogP) is 2.51. The molecule has 2 atom stereocenters. The van der Waals surface area contributed by atoms with Crippen molar-refractivity contribution in [3.05, 3.63) is 11.8 Å². The molecule has 0 aromatic carbocycles. The Morgan fingerprint density at radius 2 is 2.40 bits per heavy atom. The van der Waals surface area contributed by atoms with E-state index in [-0.39, 0.29) is 5.92 Å². The van der Waals surface area contributed by atoms with Gasteiger partial charge in [-0.3, -0.25) is 4.68 Å². The molecule has 0 spiro atoms. The second-order valence-electron chi connectivity index (χ2n) is 4.07. The third-order valence-electron chi connectivity index (χ3n) is 2.85. The molecule has 0 amide bonds. The third-order valence-corrected chi connectivity index (χ3v) is 4.34. The average molecular weight is 221 g/mol. The lowest BCUT2D eigenvalue weighted by Gasteiger charge is -2.12. The van der Waals surface area contributed by atoms with Gasteiger partial charge < -0.3 is 0 Å². The summed E-state index contributed by atoms with van der Waals surface area (Å²) in [6.45, 7) is 2.00. The highest BCUT2D eigenvalue weighted by Crippen LogP contribution is 2.38. The van der Waals surface area contributed by atoms with Gasteiger partial charge >= 0.3 is 0 Å². The fourth-order valence-corrected chi connectivity index (χ4v) is 3.45. The molecule has 0 N–H and O–H groups in total. The highest BCUT2D eigenvalue weighted by Gasteiger charge is 2.28. The van der Waals surface area contributed by atoms with Gasteiger partial charge in [0, 0.05) is 12.3 Å². The van der Waals surface area contributed by atoms with Gasteiger partial charge in [0.2, 0.25) is 0 Å². The first-order chi connectivity index (χ1) is 7.20. The molecular formula is C11H15N3S. The number of nitrogens with zero attached hydrogens (tertiary/aromatic N) is 3. The van der Waals surface area contributed by atoms with E-state index in [1.165, 1.54) is 11.4 Å². The van der Waals surface area contributed by atoms with E-state index in [1.54, 1.807) is 0 Å². The first kappa shape index (κ1) is 10.6. The molecule has 0 aliphatic heterocycles. The highest BCUT2D eigenvalue weighted by molar-refractivity contribution is 7.99. The lowest BCUT2D eigenvalue weighted by molar-refractivity contribution is 0.680. The van der Waals surface area contributed by atoms with Crippen molar-refractivity contribution >= 4 is 11.8 Å². The summed E-state index contributed by atoms with van der Waals surface area (Å²) in [6, 6.07) is 4.50. The van der Waals surface area contributed by atoms with Gasteiger partial charge in [-0.25, -0.2) is 0 Å². The van der Waals surface area contributed by atoms with E-state index in [9.17, 15) is 0 Å². The molecule has 1 heterocycles. The van der Waals surface area contributed by atoms with Gasteiger partial charge in [0.05, 0.1) is 22.7 Å². The van der Waals surface area contributed by atoms with Gasteiger partial charge in [-0.05, 0) is 25.8 Å². The molecule has 2 unspecified atom stereocenters. The molecule has 1 fully saturated rings. The van der Waals surface area contributed by atoms with Crippen LogP contribution in [-0.4, -0.2) is 15.0 Å². The van der Waals surface area contributed by atoms with Crippen molar-refractivity contribution < 1.29 is 0 Å². The van der Waals surface area contributed by atoms with Crippen molar-refractivity contribution in [1.29, 1.82) is 5.26 Å². The van der Waals surface area contributed by atoms with E-state index in [4.69, 9.17) is 5.26 Å². The van der Waals surface area contributed by atoms with Crippen molar-refractivity contribution in [3.63, 3.8) is 0 Å². The number of aromatic nitrogens is 2. The second kappa shape index (κ2) is 4.28. The van der Waals surface area contributed by atoms with E-state index >= 15 is 0 Å². The largest absolute Gasteiger partial charge is 0.262 e. The molecule has 1 saturated carbocycles. The van der Waals surface area contributed by atoms with Gasteiger partial charge in [0.1, 0.15) is 0 Å². The van der Waals surface area contributed by atoms with E-state index < -0.39 is 0 Å². The van der Waals surface area contributed by atoms with Crippen molar-refractivity contribution in [1.82, 2.24) is 9.78 Å². The van der Waals surface area contributed by atoms with Crippen LogP contribution in [0.15, 0.2) is 11.1 Å². The van der Waals surface area contributed by atoms with E-state index in [0.29, 0.717) is 5.25 Å². The normalized spacial score (nSPS) is 25.4. The molecule has 2 rings (SSSR count). The lowest BCUT2D eigenvalue weighted by atomic mass is 10.1. The van der Waals surface area contributed by atoms with E-state index in [1.807, 2.05) is 30.4 Å². The van der Waals surface area contributed by atoms with Crippen LogP contribution < -0.4 is 0 Å². The van der Waals surface area contributed by atoms with Crippen LogP contribution in [-0.2, 0) is 7.05 Å². The van der Waals surface area contributed by atoms with Crippen LogP contribution in [0.25, 0.3) is 0 Å². The number of thioether (sulfide) groups is 1. The molecular weight excluding hydrogens is 206 g/mol. The summed E-state index contributed by atoms with van der Waals surface area (Å²) in [5, 5.41) is 15.0. The summed E-state index contributed by atoms with van der Waals surface area (Å²) in [5.41, 5.74) is 1.05. The first-order valence-corrected chi connectivity index (χ1v) is 6.15. The Bertz CT molecular complexity index is 391. The number of nitriles is 1. The van der Waals surface area contributed by atoms with Crippen molar-refractivity contribution in [2.45, 2.75) is 36.5 Å². The first-order valence-electron chi connectivity index (χ1n) is 5.27. The topological polar surface area (TPSA) is 41.6 Å². The number of hydrogen-bond donors (Lipinski definition) is 0. The SMILES string of the molecule is Cc1cc(SC2CCCC2C#N)n(C)n1. The van der Waals surface area contributed by atoms with Gasteiger partial charge in [-0.1, -0.05) is 6.42 Å². The van der Waals surface area contributed by atoms with Crippen LogP contribution in [0.1, 0.15) is 25.0 Å². The maximum atomic E-state index is 9.00. The maximum absolute atomic E-state index is 9.00. The Hall–Kier alpha value is -0.950. The van der Waals surface area contributed by atoms with Crippen molar-refractivity contribution in [3.8, 4) is 6.07 Å². The monoisotopic (exact) mass is 221 g/mol. The van der Waals surface area contributed by atoms with Crippen LogP contribution in [0, 0.1) is 24.2 Å². The third kappa shape index (κ3) is 2.18. The Balaban J connectivity index is 2.09. The minimum Gasteiger partial charge on any atom is -0.262 e. The fraction of sp³-hybridized carbons (Fsp3) is 0.636. The minimum atomic E-state index is 0.227. The van der Waals surface area contributed by atoms with Crippen LogP contribution in [0.3, 0.4) is 0 Å². The van der Waals surface area contributed by atoms with Gasteiger partial charge in [0.25, 0.3) is 0 Å². The smallest absolute Gasteiger partial charge is 0.0942 e. The Kier molecular flexibility index (Phi) is 3.01. The molecule has 0 radical (unpaired) electrons. The molecule has 1 aromatic heterocycles. The molecule has 3 nitrogen and oxygen atoms in total. The lowest BCUT2D eigenvalue weighted by Crippen LogP contribution is -2.08. The Morgan fingerprint density at radius 1 is 1.60 bits per heavy atom.